The summed E-state index contributed by atoms with van der Waals surface area (Å²) in [6.07, 6.45) is 0.589. The fourth-order valence-corrected chi connectivity index (χ4v) is 5.22. The Bertz CT molecular complexity index is 1090. The normalized spacial score (nSPS) is 17.3. The highest BCUT2D eigenvalue weighted by atomic mass is 32.2. The van der Waals surface area contributed by atoms with E-state index in [2.05, 4.69) is 36.1 Å². The van der Waals surface area contributed by atoms with E-state index in [1.807, 2.05) is 24.3 Å². The maximum absolute atomic E-state index is 13.1. The Balaban J connectivity index is 1.66. The largest absolute Gasteiger partial charge is 0.453 e. The standard InChI is InChI=1S/C24H31N3O5S/c1-24(2,3)18-7-9-19(10-8-18)25-22(28)17-6-5-15-27(16-17)33(30,31)21-13-11-20(12-14-21)26-23(29)32-4/h7-14,17H,5-6,15-16H2,1-4H3,(H,25,28)(H,26,29)/t17-/m1/s1. The first-order chi connectivity index (χ1) is 15.5. The number of hydrogen-bond donors (Lipinski definition) is 2. The molecule has 0 unspecified atom stereocenters. The van der Waals surface area contributed by atoms with Gasteiger partial charge in [0.1, 0.15) is 0 Å². The van der Waals surface area contributed by atoms with E-state index in [0.717, 1.165) is 0 Å². The van der Waals surface area contributed by atoms with Crippen molar-refractivity contribution in [3.63, 3.8) is 0 Å². The molecule has 1 atom stereocenters. The van der Waals surface area contributed by atoms with Crippen molar-refractivity contribution in [1.82, 2.24) is 4.31 Å². The van der Waals surface area contributed by atoms with Crippen molar-refractivity contribution in [3.05, 3.63) is 54.1 Å². The number of carbonyl (C=O) groups is 2. The van der Waals surface area contributed by atoms with Gasteiger partial charge in [0.05, 0.1) is 17.9 Å². The molecule has 0 bridgehead atoms. The number of rotatable bonds is 5. The van der Waals surface area contributed by atoms with Crippen LogP contribution in [-0.2, 0) is 25.0 Å². The van der Waals surface area contributed by atoms with Gasteiger partial charge in [-0.05, 0) is 60.2 Å². The third-order valence-electron chi connectivity index (χ3n) is 5.70. The van der Waals surface area contributed by atoms with Gasteiger partial charge in [-0.3, -0.25) is 10.1 Å². The Morgan fingerprint density at radius 2 is 1.55 bits per heavy atom. The molecule has 2 aromatic carbocycles. The number of amides is 2. The van der Waals surface area contributed by atoms with Crippen molar-refractivity contribution in [2.24, 2.45) is 5.92 Å². The van der Waals surface area contributed by atoms with Gasteiger partial charge in [-0.2, -0.15) is 4.31 Å². The van der Waals surface area contributed by atoms with Crippen LogP contribution < -0.4 is 10.6 Å². The average Bonchev–Trinajstić information content (AvgIpc) is 2.79. The highest BCUT2D eigenvalue weighted by Crippen LogP contribution is 2.27. The van der Waals surface area contributed by atoms with E-state index in [-0.39, 0.29) is 22.8 Å². The van der Waals surface area contributed by atoms with Crippen LogP contribution >= 0.6 is 0 Å². The summed E-state index contributed by atoms with van der Waals surface area (Å²) in [5.41, 5.74) is 2.31. The summed E-state index contributed by atoms with van der Waals surface area (Å²) in [6, 6.07) is 13.6. The molecule has 1 aliphatic rings. The maximum Gasteiger partial charge on any atom is 0.411 e. The summed E-state index contributed by atoms with van der Waals surface area (Å²) >= 11 is 0. The number of benzene rings is 2. The zero-order valence-corrected chi connectivity index (χ0v) is 20.2. The molecule has 8 nitrogen and oxygen atoms in total. The molecule has 2 amide bonds. The lowest BCUT2D eigenvalue weighted by Gasteiger charge is -2.31. The van der Waals surface area contributed by atoms with Crippen LogP contribution in [0, 0.1) is 5.92 Å². The molecule has 0 aromatic heterocycles. The second kappa shape index (κ2) is 9.93. The smallest absolute Gasteiger partial charge is 0.411 e. The molecule has 0 aliphatic carbocycles. The average molecular weight is 474 g/mol. The quantitative estimate of drug-likeness (QED) is 0.677. The summed E-state index contributed by atoms with van der Waals surface area (Å²) < 4.78 is 32.1. The summed E-state index contributed by atoms with van der Waals surface area (Å²) in [5.74, 6) is -0.618. The van der Waals surface area contributed by atoms with Gasteiger partial charge in [-0.25, -0.2) is 13.2 Å². The number of sulfonamides is 1. The number of carbonyl (C=O) groups excluding carboxylic acids is 2. The Morgan fingerprint density at radius 3 is 2.12 bits per heavy atom. The Kier molecular flexibility index (Phi) is 7.44. The molecule has 1 heterocycles. The zero-order valence-electron chi connectivity index (χ0n) is 19.4. The molecule has 1 aliphatic heterocycles. The first-order valence-corrected chi connectivity index (χ1v) is 12.3. The molecule has 0 radical (unpaired) electrons. The van der Waals surface area contributed by atoms with Crippen LogP contribution in [0.3, 0.4) is 0 Å². The molecule has 1 saturated heterocycles. The highest BCUT2D eigenvalue weighted by Gasteiger charge is 2.33. The zero-order chi connectivity index (χ0) is 24.2. The molecule has 2 N–H and O–H groups in total. The summed E-state index contributed by atoms with van der Waals surface area (Å²) in [7, 11) is -2.52. The van der Waals surface area contributed by atoms with Crippen molar-refractivity contribution in [2.45, 2.75) is 43.9 Å². The van der Waals surface area contributed by atoms with Crippen LogP contribution in [0.4, 0.5) is 16.2 Å². The molecular formula is C24H31N3O5S. The van der Waals surface area contributed by atoms with Crippen molar-refractivity contribution >= 4 is 33.4 Å². The van der Waals surface area contributed by atoms with Crippen LogP contribution in [0.15, 0.2) is 53.4 Å². The van der Waals surface area contributed by atoms with E-state index in [1.165, 1.54) is 41.2 Å². The van der Waals surface area contributed by atoms with E-state index in [0.29, 0.717) is 30.8 Å². The van der Waals surface area contributed by atoms with Gasteiger partial charge >= 0.3 is 6.09 Å². The third kappa shape index (κ3) is 6.11. The predicted octanol–water partition coefficient (Wildman–Crippen LogP) is 4.20. The molecule has 3 rings (SSSR count). The number of methoxy groups -OCH3 is 1. The minimum atomic E-state index is -3.76. The Morgan fingerprint density at radius 1 is 0.970 bits per heavy atom. The topological polar surface area (TPSA) is 105 Å². The van der Waals surface area contributed by atoms with Crippen LogP contribution in [0.5, 0.6) is 0 Å². The molecule has 33 heavy (non-hydrogen) atoms. The van der Waals surface area contributed by atoms with E-state index in [1.54, 1.807) is 0 Å². The molecule has 1 fully saturated rings. The van der Waals surface area contributed by atoms with Crippen molar-refractivity contribution in [2.75, 3.05) is 30.8 Å². The number of ether oxygens (including phenoxy) is 1. The van der Waals surface area contributed by atoms with Crippen LogP contribution in [0.2, 0.25) is 0 Å². The monoisotopic (exact) mass is 473 g/mol. The number of anilines is 2. The van der Waals surface area contributed by atoms with Gasteiger partial charge in [0.15, 0.2) is 0 Å². The Hall–Kier alpha value is -2.91. The van der Waals surface area contributed by atoms with Gasteiger partial charge in [-0.1, -0.05) is 32.9 Å². The van der Waals surface area contributed by atoms with Gasteiger partial charge in [0.25, 0.3) is 0 Å². The van der Waals surface area contributed by atoms with E-state index in [4.69, 9.17) is 0 Å². The van der Waals surface area contributed by atoms with Crippen molar-refractivity contribution in [3.8, 4) is 0 Å². The minimum absolute atomic E-state index is 0.0222. The highest BCUT2D eigenvalue weighted by molar-refractivity contribution is 7.89. The van der Waals surface area contributed by atoms with Crippen LogP contribution in [0.25, 0.3) is 0 Å². The first kappa shape index (κ1) is 24.7. The maximum atomic E-state index is 13.1. The fourth-order valence-electron chi connectivity index (χ4n) is 3.70. The van der Waals surface area contributed by atoms with E-state index < -0.39 is 22.0 Å². The number of nitrogens with one attached hydrogen (secondary N) is 2. The third-order valence-corrected chi connectivity index (χ3v) is 7.58. The second-order valence-corrected chi connectivity index (χ2v) is 11.1. The number of piperidine rings is 1. The van der Waals surface area contributed by atoms with Crippen molar-refractivity contribution in [1.29, 1.82) is 0 Å². The van der Waals surface area contributed by atoms with Gasteiger partial charge < -0.3 is 10.1 Å². The Labute approximate surface area is 195 Å². The first-order valence-electron chi connectivity index (χ1n) is 10.9. The lowest BCUT2D eigenvalue weighted by atomic mass is 9.87. The minimum Gasteiger partial charge on any atom is -0.453 e. The van der Waals surface area contributed by atoms with Crippen molar-refractivity contribution < 1.29 is 22.7 Å². The van der Waals surface area contributed by atoms with Gasteiger partial charge in [0, 0.05) is 24.5 Å². The number of nitrogens with zero attached hydrogens (tertiary/aromatic N) is 1. The van der Waals surface area contributed by atoms with E-state index >= 15 is 0 Å². The predicted molar refractivity (Wildman–Crippen MR) is 128 cm³/mol. The van der Waals surface area contributed by atoms with Gasteiger partial charge in [-0.15, -0.1) is 0 Å². The fraction of sp³-hybridized carbons (Fsp3) is 0.417. The van der Waals surface area contributed by atoms with Crippen LogP contribution in [-0.4, -0.2) is 44.9 Å². The molecule has 0 saturated carbocycles. The van der Waals surface area contributed by atoms with Gasteiger partial charge in [0.2, 0.25) is 15.9 Å². The lowest BCUT2D eigenvalue weighted by Crippen LogP contribution is -2.43. The summed E-state index contributed by atoms with van der Waals surface area (Å²) in [5, 5.41) is 5.40. The SMILES string of the molecule is COC(=O)Nc1ccc(S(=O)(=O)N2CCC[C@@H](C(=O)Nc3ccc(C(C)(C)C)cc3)C2)cc1. The lowest BCUT2D eigenvalue weighted by molar-refractivity contribution is -0.120. The summed E-state index contributed by atoms with van der Waals surface area (Å²) in [6.45, 7) is 6.85. The number of hydrogen-bond acceptors (Lipinski definition) is 5. The molecule has 0 spiro atoms. The molecule has 178 valence electrons. The van der Waals surface area contributed by atoms with E-state index in [9.17, 15) is 18.0 Å². The van der Waals surface area contributed by atoms with Crippen LogP contribution in [0.1, 0.15) is 39.2 Å². The molecule has 2 aromatic rings. The molecule has 9 heteroatoms. The second-order valence-electron chi connectivity index (χ2n) is 9.16. The summed E-state index contributed by atoms with van der Waals surface area (Å²) in [4.78, 5) is 24.3. The molecular weight excluding hydrogens is 442 g/mol.